The molecular formula is C14H15BrN2. The monoisotopic (exact) mass is 290 g/mol. The van der Waals surface area contributed by atoms with Crippen molar-refractivity contribution < 1.29 is 0 Å². The third kappa shape index (κ3) is 2.29. The highest BCUT2D eigenvalue weighted by Gasteiger charge is 2.22. The predicted octanol–water partition coefficient (Wildman–Crippen LogP) is 4.03. The van der Waals surface area contributed by atoms with Crippen LogP contribution in [-0.4, -0.2) is 9.78 Å². The molecule has 0 spiro atoms. The van der Waals surface area contributed by atoms with Crippen molar-refractivity contribution in [2.45, 2.75) is 26.3 Å². The van der Waals surface area contributed by atoms with Crippen molar-refractivity contribution in [3.63, 3.8) is 0 Å². The number of nitrogens with zero attached hydrogens (tertiary/aromatic N) is 2. The van der Waals surface area contributed by atoms with E-state index in [1.807, 2.05) is 6.20 Å². The van der Waals surface area contributed by atoms with E-state index in [0.29, 0.717) is 0 Å². The maximum atomic E-state index is 4.44. The average Bonchev–Trinajstić information content (AvgIpc) is 3.00. The summed E-state index contributed by atoms with van der Waals surface area (Å²) in [5.74, 6) is 0.867. The van der Waals surface area contributed by atoms with E-state index in [1.165, 1.54) is 29.5 Å². The number of benzene rings is 1. The van der Waals surface area contributed by atoms with Gasteiger partial charge in [0.05, 0.1) is 6.20 Å². The molecule has 0 unspecified atom stereocenters. The van der Waals surface area contributed by atoms with Crippen molar-refractivity contribution in [2.24, 2.45) is 5.92 Å². The van der Waals surface area contributed by atoms with E-state index < -0.39 is 0 Å². The quantitative estimate of drug-likeness (QED) is 0.834. The maximum absolute atomic E-state index is 4.44. The van der Waals surface area contributed by atoms with Gasteiger partial charge in [0.1, 0.15) is 0 Å². The molecule has 3 rings (SSSR count). The summed E-state index contributed by atoms with van der Waals surface area (Å²) in [6.07, 6.45) is 6.86. The van der Waals surface area contributed by atoms with E-state index in [0.717, 1.165) is 16.9 Å². The molecule has 0 aliphatic heterocycles. The Morgan fingerprint density at radius 2 is 2.24 bits per heavy atom. The molecule has 17 heavy (non-hydrogen) atoms. The van der Waals surface area contributed by atoms with Gasteiger partial charge in [-0.25, -0.2) is 0 Å². The first kappa shape index (κ1) is 11.0. The number of rotatable bonds is 3. The summed E-state index contributed by atoms with van der Waals surface area (Å²) in [5.41, 5.74) is 3.75. The number of halogens is 1. The molecule has 0 bridgehead atoms. The first-order valence-corrected chi connectivity index (χ1v) is 6.81. The van der Waals surface area contributed by atoms with Gasteiger partial charge in [0.15, 0.2) is 0 Å². The Kier molecular flexibility index (Phi) is 2.79. The summed E-state index contributed by atoms with van der Waals surface area (Å²) in [4.78, 5) is 0. The van der Waals surface area contributed by atoms with Gasteiger partial charge < -0.3 is 0 Å². The fraction of sp³-hybridized carbons (Fsp3) is 0.357. The normalized spacial score (nSPS) is 15.2. The summed E-state index contributed by atoms with van der Waals surface area (Å²) in [7, 11) is 0. The molecule has 2 aromatic rings. The van der Waals surface area contributed by atoms with Crippen LogP contribution in [-0.2, 0) is 6.54 Å². The third-order valence-corrected chi connectivity index (χ3v) is 4.21. The zero-order chi connectivity index (χ0) is 11.8. The second-order valence-electron chi connectivity index (χ2n) is 4.81. The molecule has 1 saturated carbocycles. The van der Waals surface area contributed by atoms with E-state index in [4.69, 9.17) is 0 Å². The average molecular weight is 291 g/mol. The van der Waals surface area contributed by atoms with Crippen LogP contribution >= 0.6 is 15.9 Å². The molecule has 0 amide bonds. The molecule has 1 fully saturated rings. The molecule has 1 heterocycles. The summed E-state index contributed by atoms with van der Waals surface area (Å²) in [5, 5.41) is 4.44. The number of hydrogen-bond acceptors (Lipinski definition) is 1. The van der Waals surface area contributed by atoms with Crippen LogP contribution < -0.4 is 0 Å². The number of aromatic nitrogens is 2. The van der Waals surface area contributed by atoms with Crippen LogP contribution in [0.2, 0.25) is 0 Å². The van der Waals surface area contributed by atoms with Gasteiger partial charge in [-0.3, -0.25) is 4.68 Å². The Balaban J connectivity index is 1.91. The lowest BCUT2D eigenvalue weighted by molar-refractivity contribution is 0.563. The third-order valence-electron chi connectivity index (χ3n) is 3.35. The molecule has 3 heteroatoms. The second kappa shape index (κ2) is 4.30. The molecule has 1 aromatic heterocycles. The van der Waals surface area contributed by atoms with Crippen LogP contribution in [0.3, 0.4) is 0 Å². The molecule has 2 nitrogen and oxygen atoms in total. The highest BCUT2D eigenvalue weighted by atomic mass is 79.9. The van der Waals surface area contributed by atoms with E-state index >= 15 is 0 Å². The van der Waals surface area contributed by atoms with E-state index in [1.54, 1.807) is 0 Å². The lowest BCUT2D eigenvalue weighted by Gasteiger charge is -2.04. The minimum absolute atomic E-state index is 0.867. The highest BCUT2D eigenvalue weighted by molar-refractivity contribution is 9.10. The van der Waals surface area contributed by atoms with E-state index in [9.17, 15) is 0 Å². The Morgan fingerprint density at radius 3 is 3.00 bits per heavy atom. The van der Waals surface area contributed by atoms with Crippen LogP contribution in [0.4, 0.5) is 0 Å². The van der Waals surface area contributed by atoms with Crippen LogP contribution in [0.25, 0.3) is 11.1 Å². The van der Waals surface area contributed by atoms with Gasteiger partial charge in [0, 0.05) is 22.8 Å². The standard InChI is InChI=1S/C14H15BrN2/c1-10-13(3-2-4-14(10)15)12-7-16-17(9-12)8-11-5-6-11/h2-4,7,9,11H,5-6,8H2,1H3. The lowest BCUT2D eigenvalue weighted by Crippen LogP contribution is -1.99. The Hall–Kier alpha value is -1.09. The highest BCUT2D eigenvalue weighted by Crippen LogP contribution is 2.32. The first-order valence-electron chi connectivity index (χ1n) is 6.02. The zero-order valence-electron chi connectivity index (χ0n) is 9.86. The van der Waals surface area contributed by atoms with Crippen molar-refractivity contribution in [2.75, 3.05) is 0 Å². The van der Waals surface area contributed by atoms with Gasteiger partial charge >= 0.3 is 0 Å². The summed E-state index contributed by atoms with van der Waals surface area (Å²) >= 11 is 3.57. The molecule has 0 atom stereocenters. The molecule has 1 aliphatic carbocycles. The van der Waals surface area contributed by atoms with E-state index in [-0.39, 0.29) is 0 Å². The van der Waals surface area contributed by atoms with Crippen molar-refractivity contribution in [3.8, 4) is 11.1 Å². The Bertz CT molecular complexity index is 541. The Labute approximate surface area is 110 Å². The molecule has 1 aliphatic rings. The van der Waals surface area contributed by atoms with Crippen molar-refractivity contribution in [3.05, 3.63) is 40.6 Å². The fourth-order valence-corrected chi connectivity index (χ4v) is 2.45. The van der Waals surface area contributed by atoms with Crippen LogP contribution in [0, 0.1) is 12.8 Å². The van der Waals surface area contributed by atoms with Gasteiger partial charge in [-0.1, -0.05) is 28.1 Å². The summed E-state index contributed by atoms with van der Waals surface area (Å²) < 4.78 is 3.23. The van der Waals surface area contributed by atoms with Gasteiger partial charge in [0.25, 0.3) is 0 Å². The fourth-order valence-electron chi connectivity index (χ4n) is 2.09. The molecule has 0 saturated heterocycles. The molecular weight excluding hydrogens is 276 g/mol. The van der Waals surface area contributed by atoms with Crippen LogP contribution in [0.15, 0.2) is 35.1 Å². The largest absolute Gasteiger partial charge is 0.272 e. The summed E-state index contributed by atoms with van der Waals surface area (Å²) in [6.45, 7) is 3.21. The van der Waals surface area contributed by atoms with Gasteiger partial charge in [-0.15, -0.1) is 0 Å². The van der Waals surface area contributed by atoms with E-state index in [2.05, 4.69) is 57.0 Å². The van der Waals surface area contributed by atoms with Crippen molar-refractivity contribution in [1.82, 2.24) is 9.78 Å². The first-order chi connectivity index (χ1) is 8.24. The molecule has 1 aromatic carbocycles. The Morgan fingerprint density at radius 1 is 1.41 bits per heavy atom. The minimum Gasteiger partial charge on any atom is -0.272 e. The van der Waals surface area contributed by atoms with Gasteiger partial charge in [-0.05, 0) is 42.9 Å². The molecule has 0 N–H and O–H groups in total. The lowest BCUT2D eigenvalue weighted by atomic mass is 10.0. The number of hydrogen-bond donors (Lipinski definition) is 0. The predicted molar refractivity (Wildman–Crippen MR) is 72.8 cm³/mol. The van der Waals surface area contributed by atoms with Crippen molar-refractivity contribution >= 4 is 15.9 Å². The van der Waals surface area contributed by atoms with Crippen LogP contribution in [0.5, 0.6) is 0 Å². The molecule has 0 radical (unpaired) electrons. The van der Waals surface area contributed by atoms with Gasteiger partial charge in [0.2, 0.25) is 0 Å². The SMILES string of the molecule is Cc1c(Br)cccc1-c1cnn(CC2CC2)c1. The second-order valence-corrected chi connectivity index (χ2v) is 5.66. The van der Waals surface area contributed by atoms with Gasteiger partial charge in [-0.2, -0.15) is 5.10 Å². The van der Waals surface area contributed by atoms with Crippen LogP contribution in [0.1, 0.15) is 18.4 Å². The van der Waals surface area contributed by atoms with Crippen molar-refractivity contribution in [1.29, 1.82) is 0 Å². The zero-order valence-corrected chi connectivity index (χ0v) is 11.4. The smallest absolute Gasteiger partial charge is 0.0568 e. The molecule has 88 valence electrons. The maximum Gasteiger partial charge on any atom is 0.0568 e. The summed E-state index contributed by atoms with van der Waals surface area (Å²) in [6, 6.07) is 6.30. The minimum atomic E-state index is 0.867. The topological polar surface area (TPSA) is 17.8 Å².